The van der Waals surface area contributed by atoms with Crippen LogP contribution in [0, 0.1) is 25.2 Å². The summed E-state index contributed by atoms with van der Waals surface area (Å²) in [7, 11) is 0. The van der Waals surface area contributed by atoms with Gasteiger partial charge in [0.2, 0.25) is 5.88 Å². The molecule has 0 N–H and O–H groups in total. The number of aromatic nitrogens is 1. The first-order valence-electron chi connectivity index (χ1n) is 6.17. The molecule has 0 saturated carbocycles. The first-order chi connectivity index (χ1) is 9.51. The normalized spacial score (nSPS) is 9.90. The monoisotopic (exact) mass is 266 g/mol. The summed E-state index contributed by atoms with van der Waals surface area (Å²) in [6, 6.07) is 8.99. The minimum atomic E-state index is -0.0326. The minimum absolute atomic E-state index is 0.0326. The van der Waals surface area contributed by atoms with Gasteiger partial charge in [-0.1, -0.05) is 0 Å². The van der Waals surface area contributed by atoms with Crippen molar-refractivity contribution in [3.63, 3.8) is 0 Å². The number of nitrogens with zero attached hydrogens (tertiary/aromatic N) is 2. The number of ether oxygens (including phenoxy) is 1. The first-order valence-corrected chi connectivity index (χ1v) is 6.17. The Balaban J connectivity index is 2.31. The molecule has 2 rings (SSSR count). The molecule has 4 nitrogen and oxygen atoms in total. The van der Waals surface area contributed by atoms with Gasteiger partial charge >= 0.3 is 0 Å². The lowest BCUT2D eigenvalue weighted by Gasteiger charge is -2.11. The van der Waals surface area contributed by atoms with Crippen LogP contribution in [0.1, 0.15) is 34.0 Å². The molecule has 0 saturated heterocycles. The van der Waals surface area contributed by atoms with Gasteiger partial charge in [-0.3, -0.25) is 4.79 Å². The lowest BCUT2D eigenvalue weighted by Crippen LogP contribution is -1.97. The molecule has 0 amide bonds. The second-order valence-electron chi connectivity index (χ2n) is 4.59. The van der Waals surface area contributed by atoms with Gasteiger partial charge in [0, 0.05) is 17.8 Å². The Morgan fingerprint density at radius 3 is 2.35 bits per heavy atom. The minimum Gasteiger partial charge on any atom is -0.438 e. The second kappa shape index (κ2) is 5.54. The maximum absolute atomic E-state index is 11.2. The van der Waals surface area contributed by atoms with Crippen molar-refractivity contribution in [2.45, 2.75) is 20.8 Å². The highest BCUT2D eigenvalue weighted by atomic mass is 16.5. The summed E-state index contributed by atoms with van der Waals surface area (Å²) >= 11 is 0. The zero-order valence-corrected chi connectivity index (χ0v) is 11.6. The van der Waals surface area contributed by atoms with Gasteiger partial charge in [0.25, 0.3) is 0 Å². The average Bonchev–Trinajstić information content (AvgIpc) is 2.43. The predicted octanol–water partition coefficient (Wildman–Crippen LogP) is 3.57. The summed E-state index contributed by atoms with van der Waals surface area (Å²) in [5.41, 5.74) is 2.90. The standard InChI is InChI=1S/C16H14N2O2/c1-10-6-13(8-17)7-11(2)16(10)20-15-5-4-14(9-18-15)12(3)19/h4-7,9H,1-3H3. The van der Waals surface area contributed by atoms with Crippen molar-refractivity contribution in [1.82, 2.24) is 4.98 Å². The Morgan fingerprint density at radius 2 is 1.90 bits per heavy atom. The van der Waals surface area contributed by atoms with Crippen molar-refractivity contribution in [3.05, 3.63) is 52.7 Å². The molecule has 0 spiro atoms. The molecule has 1 heterocycles. The van der Waals surface area contributed by atoms with E-state index in [1.807, 2.05) is 13.8 Å². The summed E-state index contributed by atoms with van der Waals surface area (Å²) in [6.07, 6.45) is 1.49. The highest BCUT2D eigenvalue weighted by Gasteiger charge is 2.09. The fourth-order valence-electron chi connectivity index (χ4n) is 1.93. The number of ketones is 1. The van der Waals surface area contributed by atoms with Crippen LogP contribution in [0.15, 0.2) is 30.5 Å². The predicted molar refractivity (Wildman–Crippen MR) is 74.9 cm³/mol. The number of hydrogen-bond donors (Lipinski definition) is 0. The highest BCUT2D eigenvalue weighted by Crippen LogP contribution is 2.28. The van der Waals surface area contributed by atoms with Crippen LogP contribution in [0.2, 0.25) is 0 Å². The Hall–Kier alpha value is -2.67. The van der Waals surface area contributed by atoms with Crippen LogP contribution in [0.3, 0.4) is 0 Å². The largest absolute Gasteiger partial charge is 0.438 e. The molecule has 0 bridgehead atoms. The quantitative estimate of drug-likeness (QED) is 0.797. The number of nitriles is 1. The molecule has 0 fully saturated rings. The highest BCUT2D eigenvalue weighted by molar-refractivity contribution is 5.93. The summed E-state index contributed by atoms with van der Waals surface area (Å²) < 4.78 is 5.74. The fourth-order valence-corrected chi connectivity index (χ4v) is 1.93. The van der Waals surface area contributed by atoms with E-state index in [0.29, 0.717) is 22.8 Å². The number of rotatable bonds is 3. The molecule has 100 valence electrons. The molecule has 20 heavy (non-hydrogen) atoms. The molecule has 0 atom stereocenters. The van der Waals surface area contributed by atoms with E-state index in [9.17, 15) is 4.79 Å². The van der Waals surface area contributed by atoms with E-state index in [-0.39, 0.29) is 5.78 Å². The fraction of sp³-hybridized carbons (Fsp3) is 0.188. The number of pyridine rings is 1. The summed E-state index contributed by atoms with van der Waals surface area (Å²) in [5, 5.41) is 8.91. The molecule has 0 aliphatic rings. The van der Waals surface area contributed by atoms with Gasteiger partial charge in [-0.05, 0) is 50.1 Å². The lowest BCUT2D eigenvalue weighted by molar-refractivity contribution is 0.101. The molecule has 0 unspecified atom stereocenters. The topological polar surface area (TPSA) is 63.0 Å². The van der Waals surface area contributed by atoms with Crippen LogP contribution in [0.25, 0.3) is 0 Å². The third-order valence-corrected chi connectivity index (χ3v) is 2.94. The third kappa shape index (κ3) is 2.83. The molecule has 4 heteroatoms. The van der Waals surface area contributed by atoms with E-state index in [1.165, 1.54) is 13.1 Å². The number of benzene rings is 1. The van der Waals surface area contributed by atoms with Crippen LogP contribution < -0.4 is 4.74 Å². The third-order valence-electron chi connectivity index (χ3n) is 2.94. The van der Waals surface area contributed by atoms with E-state index in [2.05, 4.69) is 11.1 Å². The van der Waals surface area contributed by atoms with Crippen molar-refractivity contribution in [3.8, 4) is 17.7 Å². The maximum atomic E-state index is 11.2. The molecule has 2 aromatic rings. The molecule has 0 aliphatic carbocycles. The van der Waals surface area contributed by atoms with Crippen LogP contribution in [-0.2, 0) is 0 Å². The molecule has 1 aromatic carbocycles. The number of carbonyl (C=O) groups excluding carboxylic acids is 1. The first kappa shape index (κ1) is 13.8. The van der Waals surface area contributed by atoms with Crippen LogP contribution in [0.5, 0.6) is 11.6 Å². The van der Waals surface area contributed by atoms with Gasteiger partial charge in [-0.25, -0.2) is 4.98 Å². The van der Waals surface area contributed by atoms with Crippen LogP contribution in [-0.4, -0.2) is 10.8 Å². The van der Waals surface area contributed by atoms with E-state index >= 15 is 0 Å². The van der Waals surface area contributed by atoms with E-state index in [0.717, 1.165) is 11.1 Å². The summed E-state index contributed by atoms with van der Waals surface area (Å²) in [5.74, 6) is 1.08. The SMILES string of the molecule is CC(=O)c1ccc(Oc2c(C)cc(C#N)cc2C)nc1. The lowest BCUT2D eigenvalue weighted by atomic mass is 10.1. The van der Waals surface area contributed by atoms with Crippen molar-refractivity contribution in [1.29, 1.82) is 5.26 Å². The van der Waals surface area contributed by atoms with Gasteiger partial charge in [0.1, 0.15) is 5.75 Å². The maximum Gasteiger partial charge on any atom is 0.219 e. The van der Waals surface area contributed by atoms with Crippen molar-refractivity contribution < 1.29 is 9.53 Å². The van der Waals surface area contributed by atoms with E-state index in [1.54, 1.807) is 24.3 Å². The number of Topliss-reactive ketones (excluding diaryl/α,β-unsaturated/α-hetero) is 1. The Bertz CT molecular complexity index is 674. The van der Waals surface area contributed by atoms with Crippen LogP contribution in [0.4, 0.5) is 0 Å². The molecular formula is C16H14N2O2. The zero-order valence-electron chi connectivity index (χ0n) is 11.6. The van der Waals surface area contributed by atoms with Crippen molar-refractivity contribution in [2.24, 2.45) is 0 Å². The summed E-state index contributed by atoms with van der Waals surface area (Å²) in [4.78, 5) is 15.3. The van der Waals surface area contributed by atoms with Crippen molar-refractivity contribution >= 4 is 5.78 Å². The number of hydrogen-bond acceptors (Lipinski definition) is 4. The van der Waals surface area contributed by atoms with Gasteiger partial charge in [-0.2, -0.15) is 5.26 Å². The van der Waals surface area contributed by atoms with Gasteiger partial charge in [0.15, 0.2) is 5.78 Å². The Labute approximate surface area is 117 Å². The average molecular weight is 266 g/mol. The van der Waals surface area contributed by atoms with E-state index in [4.69, 9.17) is 10.00 Å². The van der Waals surface area contributed by atoms with Gasteiger partial charge < -0.3 is 4.74 Å². The second-order valence-corrected chi connectivity index (χ2v) is 4.59. The van der Waals surface area contributed by atoms with Crippen LogP contribution >= 0.6 is 0 Å². The summed E-state index contributed by atoms with van der Waals surface area (Å²) in [6.45, 7) is 5.26. The number of carbonyl (C=O) groups is 1. The van der Waals surface area contributed by atoms with Gasteiger partial charge in [-0.15, -0.1) is 0 Å². The Kier molecular flexibility index (Phi) is 3.81. The van der Waals surface area contributed by atoms with E-state index < -0.39 is 0 Å². The Morgan fingerprint density at radius 1 is 1.25 bits per heavy atom. The van der Waals surface area contributed by atoms with Gasteiger partial charge in [0.05, 0.1) is 11.6 Å². The smallest absolute Gasteiger partial charge is 0.219 e. The van der Waals surface area contributed by atoms with Crippen molar-refractivity contribution in [2.75, 3.05) is 0 Å². The molecule has 1 aromatic heterocycles. The number of aryl methyl sites for hydroxylation is 2. The molecule has 0 aliphatic heterocycles. The molecular weight excluding hydrogens is 252 g/mol. The molecule has 0 radical (unpaired) electrons. The zero-order chi connectivity index (χ0) is 14.7.